The van der Waals surface area contributed by atoms with Crippen LogP contribution in [0, 0.1) is 5.92 Å². The molecule has 0 amide bonds. The maximum atomic E-state index is 9.53. The second kappa shape index (κ2) is 5.61. The lowest BCUT2D eigenvalue weighted by Crippen LogP contribution is -2.30. The largest absolute Gasteiger partial charge is 0.393 e. The fourth-order valence-electron chi connectivity index (χ4n) is 3.52. The number of nitrogens with one attached hydrogen (secondary N) is 1. The van der Waals surface area contributed by atoms with Crippen LogP contribution >= 0.6 is 0 Å². The van der Waals surface area contributed by atoms with Crippen molar-refractivity contribution in [3.8, 4) is 0 Å². The van der Waals surface area contributed by atoms with E-state index in [2.05, 4.69) is 29.6 Å². The van der Waals surface area contributed by atoms with Crippen molar-refractivity contribution in [1.82, 2.24) is 5.32 Å². The first-order chi connectivity index (χ1) is 9.24. The third kappa shape index (κ3) is 2.83. The average molecular weight is 260 g/mol. The first-order valence-electron chi connectivity index (χ1n) is 7.50. The normalized spacial score (nSPS) is 34.2. The predicted molar refractivity (Wildman–Crippen MR) is 76.7 cm³/mol. The van der Waals surface area contributed by atoms with E-state index in [1.165, 1.54) is 11.1 Å². The molecule has 3 rings (SSSR count). The molecule has 2 atom stereocenters. The number of nitrogens with two attached hydrogens (primary N) is 1. The minimum absolute atomic E-state index is 0.0584. The third-order valence-corrected chi connectivity index (χ3v) is 4.73. The van der Waals surface area contributed by atoms with Gasteiger partial charge >= 0.3 is 0 Å². The standard InChI is InChI=1S/C16H24N2O/c17-15-9-16(14-4-2-1-3-13(14)15)18-10-11-5-7-12(19)8-6-11/h1-4,11-12,15-16,18-19H,5-10,17H2. The van der Waals surface area contributed by atoms with Crippen LogP contribution in [-0.2, 0) is 0 Å². The SMILES string of the molecule is NC1CC(NCC2CCC(O)CC2)c2ccccc21. The lowest BCUT2D eigenvalue weighted by atomic mass is 9.87. The van der Waals surface area contributed by atoms with Crippen LogP contribution in [0.1, 0.15) is 55.3 Å². The summed E-state index contributed by atoms with van der Waals surface area (Å²) in [7, 11) is 0. The Morgan fingerprint density at radius 3 is 2.53 bits per heavy atom. The molecule has 3 nitrogen and oxygen atoms in total. The highest BCUT2D eigenvalue weighted by atomic mass is 16.3. The Labute approximate surface area is 115 Å². The van der Waals surface area contributed by atoms with Gasteiger partial charge in [0.15, 0.2) is 0 Å². The van der Waals surface area contributed by atoms with Crippen LogP contribution in [-0.4, -0.2) is 17.8 Å². The van der Waals surface area contributed by atoms with Gasteiger partial charge < -0.3 is 16.2 Å². The number of hydrogen-bond acceptors (Lipinski definition) is 3. The Hall–Kier alpha value is -0.900. The molecule has 1 aromatic rings. The van der Waals surface area contributed by atoms with Crippen molar-refractivity contribution in [2.45, 2.75) is 50.3 Å². The number of benzene rings is 1. The molecule has 2 unspecified atom stereocenters. The van der Waals surface area contributed by atoms with Gasteiger partial charge in [-0.3, -0.25) is 0 Å². The molecule has 0 spiro atoms. The molecule has 1 aromatic carbocycles. The van der Waals surface area contributed by atoms with E-state index in [0.29, 0.717) is 12.0 Å². The topological polar surface area (TPSA) is 58.3 Å². The van der Waals surface area contributed by atoms with Crippen LogP contribution in [0.25, 0.3) is 0 Å². The maximum absolute atomic E-state index is 9.53. The minimum atomic E-state index is -0.0584. The molecule has 0 radical (unpaired) electrons. The van der Waals surface area contributed by atoms with Gasteiger partial charge in [-0.05, 0) is 55.7 Å². The first-order valence-corrected chi connectivity index (χ1v) is 7.50. The molecule has 0 saturated heterocycles. The van der Waals surface area contributed by atoms with Gasteiger partial charge in [0.2, 0.25) is 0 Å². The summed E-state index contributed by atoms with van der Waals surface area (Å²) < 4.78 is 0. The van der Waals surface area contributed by atoms with Gasteiger partial charge in [0.05, 0.1) is 6.10 Å². The van der Waals surface area contributed by atoms with Gasteiger partial charge in [-0.15, -0.1) is 0 Å². The Morgan fingerprint density at radius 2 is 1.79 bits per heavy atom. The van der Waals surface area contributed by atoms with Crippen LogP contribution in [0.4, 0.5) is 0 Å². The van der Waals surface area contributed by atoms with E-state index in [-0.39, 0.29) is 12.1 Å². The second-order valence-electron chi connectivity index (χ2n) is 6.11. The molecule has 1 saturated carbocycles. The highest BCUT2D eigenvalue weighted by molar-refractivity contribution is 5.37. The lowest BCUT2D eigenvalue weighted by molar-refractivity contribution is 0.107. The third-order valence-electron chi connectivity index (χ3n) is 4.73. The van der Waals surface area contributed by atoms with Crippen LogP contribution in [0.15, 0.2) is 24.3 Å². The molecule has 3 heteroatoms. The molecule has 2 aliphatic rings. The minimum Gasteiger partial charge on any atom is -0.393 e. The fourth-order valence-corrected chi connectivity index (χ4v) is 3.52. The summed E-state index contributed by atoms with van der Waals surface area (Å²) in [4.78, 5) is 0. The van der Waals surface area contributed by atoms with Gasteiger partial charge in [0, 0.05) is 12.1 Å². The lowest BCUT2D eigenvalue weighted by Gasteiger charge is -2.27. The maximum Gasteiger partial charge on any atom is 0.0540 e. The summed E-state index contributed by atoms with van der Waals surface area (Å²) in [6.07, 6.45) is 5.18. The smallest absolute Gasteiger partial charge is 0.0540 e. The van der Waals surface area contributed by atoms with E-state index in [4.69, 9.17) is 5.73 Å². The van der Waals surface area contributed by atoms with E-state index in [9.17, 15) is 5.11 Å². The van der Waals surface area contributed by atoms with Crippen molar-refractivity contribution in [2.24, 2.45) is 11.7 Å². The molecule has 0 aromatic heterocycles. The van der Waals surface area contributed by atoms with Gasteiger partial charge in [0.1, 0.15) is 0 Å². The van der Waals surface area contributed by atoms with Crippen LogP contribution in [0.3, 0.4) is 0 Å². The molecule has 0 bridgehead atoms. The molecule has 0 aliphatic heterocycles. The summed E-state index contributed by atoms with van der Waals surface area (Å²) in [5.41, 5.74) is 8.88. The molecule has 4 N–H and O–H groups in total. The Kier molecular flexibility index (Phi) is 3.87. The molecule has 1 fully saturated rings. The zero-order chi connectivity index (χ0) is 13.2. The number of rotatable bonds is 3. The Morgan fingerprint density at radius 1 is 1.11 bits per heavy atom. The van der Waals surface area contributed by atoms with Gasteiger partial charge in [-0.1, -0.05) is 24.3 Å². The predicted octanol–water partition coefficient (Wildman–Crippen LogP) is 2.27. The summed E-state index contributed by atoms with van der Waals surface area (Å²) in [5.74, 6) is 0.715. The van der Waals surface area contributed by atoms with Crippen molar-refractivity contribution in [3.63, 3.8) is 0 Å². The summed E-state index contributed by atoms with van der Waals surface area (Å²) in [6.45, 7) is 1.05. The van der Waals surface area contributed by atoms with Crippen molar-refractivity contribution in [1.29, 1.82) is 0 Å². The molecular weight excluding hydrogens is 236 g/mol. The molecular formula is C16H24N2O. The molecule has 104 valence electrons. The van der Waals surface area contributed by atoms with Gasteiger partial charge in [-0.25, -0.2) is 0 Å². The van der Waals surface area contributed by atoms with Gasteiger partial charge in [0.25, 0.3) is 0 Å². The van der Waals surface area contributed by atoms with E-state index in [0.717, 1.165) is 38.6 Å². The van der Waals surface area contributed by atoms with Crippen molar-refractivity contribution >= 4 is 0 Å². The number of fused-ring (bicyclic) bond motifs is 1. The summed E-state index contributed by atoms with van der Waals surface area (Å²) >= 11 is 0. The first kappa shape index (κ1) is 13.1. The van der Waals surface area contributed by atoms with E-state index in [1.807, 2.05) is 0 Å². The van der Waals surface area contributed by atoms with E-state index < -0.39 is 0 Å². The fraction of sp³-hybridized carbons (Fsp3) is 0.625. The van der Waals surface area contributed by atoms with Crippen LogP contribution in [0.5, 0.6) is 0 Å². The molecule has 2 aliphatic carbocycles. The van der Waals surface area contributed by atoms with E-state index >= 15 is 0 Å². The average Bonchev–Trinajstić information content (AvgIpc) is 2.76. The highest BCUT2D eigenvalue weighted by Gasteiger charge is 2.28. The van der Waals surface area contributed by atoms with Crippen molar-refractivity contribution < 1.29 is 5.11 Å². The zero-order valence-electron chi connectivity index (χ0n) is 11.4. The van der Waals surface area contributed by atoms with Crippen LogP contribution < -0.4 is 11.1 Å². The van der Waals surface area contributed by atoms with Crippen molar-refractivity contribution in [2.75, 3.05) is 6.54 Å². The van der Waals surface area contributed by atoms with Crippen LogP contribution in [0.2, 0.25) is 0 Å². The number of aliphatic hydroxyl groups excluding tert-OH is 1. The monoisotopic (exact) mass is 260 g/mol. The second-order valence-corrected chi connectivity index (χ2v) is 6.11. The summed E-state index contributed by atoms with van der Waals surface area (Å²) in [6, 6.07) is 9.12. The summed E-state index contributed by atoms with van der Waals surface area (Å²) in [5, 5.41) is 13.2. The zero-order valence-corrected chi connectivity index (χ0v) is 11.4. The number of aliphatic hydroxyl groups is 1. The quantitative estimate of drug-likeness (QED) is 0.781. The molecule has 0 heterocycles. The number of hydrogen-bond donors (Lipinski definition) is 3. The Bertz CT molecular complexity index is 427. The van der Waals surface area contributed by atoms with Gasteiger partial charge in [-0.2, -0.15) is 0 Å². The van der Waals surface area contributed by atoms with E-state index in [1.54, 1.807) is 0 Å². The van der Waals surface area contributed by atoms with Crippen molar-refractivity contribution in [3.05, 3.63) is 35.4 Å². The Balaban J connectivity index is 1.57. The highest BCUT2D eigenvalue weighted by Crippen LogP contribution is 2.37. The molecule has 19 heavy (non-hydrogen) atoms.